The standard InChI is InChI=1S/C21H21NO3/c1-3-12-25-19-11-10-16(14-20(19)24-4-2)13-18(15-22)21(23)17-8-6-5-7-9-17/h5-11,13-14H,3-4,12H2,1-2H3/b18-13-. The molecule has 0 fully saturated rings. The predicted molar refractivity (Wildman–Crippen MR) is 97.8 cm³/mol. The molecule has 0 saturated heterocycles. The summed E-state index contributed by atoms with van der Waals surface area (Å²) in [6, 6.07) is 16.1. The summed E-state index contributed by atoms with van der Waals surface area (Å²) in [5.74, 6) is 0.968. The average molecular weight is 335 g/mol. The van der Waals surface area contributed by atoms with Crippen LogP contribution in [0.4, 0.5) is 0 Å². The maximum atomic E-state index is 12.5. The third kappa shape index (κ3) is 4.95. The number of Topliss-reactive ketones (excluding diaryl/α,β-unsaturated/α-hetero) is 1. The highest BCUT2D eigenvalue weighted by Crippen LogP contribution is 2.29. The molecular formula is C21H21NO3. The first kappa shape index (κ1) is 18.3. The fraction of sp³-hybridized carbons (Fsp3) is 0.238. The van der Waals surface area contributed by atoms with E-state index in [4.69, 9.17) is 9.47 Å². The molecule has 0 spiro atoms. The van der Waals surface area contributed by atoms with E-state index < -0.39 is 0 Å². The highest BCUT2D eigenvalue weighted by atomic mass is 16.5. The lowest BCUT2D eigenvalue weighted by atomic mass is 10.0. The maximum Gasteiger partial charge on any atom is 0.203 e. The number of ether oxygens (including phenoxy) is 2. The number of benzene rings is 2. The van der Waals surface area contributed by atoms with Crippen molar-refractivity contribution in [3.8, 4) is 17.6 Å². The number of allylic oxidation sites excluding steroid dienone is 1. The molecule has 0 amide bonds. The minimum Gasteiger partial charge on any atom is -0.490 e. The summed E-state index contributed by atoms with van der Waals surface area (Å²) in [5.41, 5.74) is 1.28. The van der Waals surface area contributed by atoms with Gasteiger partial charge in [0.1, 0.15) is 11.6 Å². The van der Waals surface area contributed by atoms with Crippen LogP contribution in [0.3, 0.4) is 0 Å². The van der Waals surface area contributed by atoms with E-state index in [1.165, 1.54) is 0 Å². The summed E-state index contributed by atoms with van der Waals surface area (Å²) in [4.78, 5) is 12.5. The fourth-order valence-electron chi connectivity index (χ4n) is 2.27. The molecule has 0 unspecified atom stereocenters. The Labute approximate surface area is 148 Å². The van der Waals surface area contributed by atoms with Crippen molar-refractivity contribution in [2.45, 2.75) is 20.3 Å². The Hall–Kier alpha value is -3.06. The number of rotatable bonds is 8. The topological polar surface area (TPSA) is 59.3 Å². The van der Waals surface area contributed by atoms with Crippen LogP contribution in [0.15, 0.2) is 54.1 Å². The zero-order valence-electron chi connectivity index (χ0n) is 14.5. The molecule has 0 aromatic heterocycles. The Morgan fingerprint density at radius 1 is 1.08 bits per heavy atom. The van der Waals surface area contributed by atoms with Crippen LogP contribution in [0.5, 0.6) is 11.5 Å². The van der Waals surface area contributed by atoms with Crippen molar-refractivity contribution in [2.24, 2.45) is 0 Å². The lowest BCUT2D eigenvalue weighted by Crippen LogP contribution is -2.02. The number of carbonyl (C=O) groups excluding carboxylic acids is 1. The number of hydrogen-bond donors (Lipinski definition) is 0. The number of nitriles is 1. The summed E-state index contributed by atoms with van der Waals surface area (Å²) in [6.45, 7) is 5.03. The van der Waals surface area contributed by atoms with E-state index >= 15 is 0 Å². The first-order valence-corrected chi connectivity index (χ1v) is 8.30. The Morgan fingerprint density at radius 2 is 1.84 bits per heavy atom. The van der Waals surface area contributed by atoms with Gasteiger partial charge in [0.2, 0.25) is 5.78 Å². The lowest BCUT2D eigenvalue weighted by Gasteiger charge is -2.12. The SMILES string of the molecule is CCCOc1ccc(/C=C(/C#N)C(=O)c2ccccc2)cc1OCC. The van der Waals surface area contributed by atoms with Crippen molar-refractivity contribution in [3.63, 3.8) is 0 Å². The van der Waals surface area contributed by atoms with Gasteiger partial charge in [-0.25, -0.2) is 0 Å². The Balaban J connectivity index is 2.32. The van der Waals surface area contributed by atoms with Crippen molar-refractivity contribution in [1.29, 1.82) is 5.26 Å². The van der Waals surface area contributed by atoms with E-state index in [1.807, 2.05) is 32.0 Å². The first-order valence-electron chi connectivity index (χ1n) is 8.30. The van der Waals surface area contributed by atoms with Gasteiger partial charge in [0.25, 0.3) is 0 Å². The molecule has 4 heteroatoms. The van der Waals surface area contributed by atoms with Crippen LogP contribution >= 0.6 is 0 Å². The smallest absolute Gasteiger partial charge is 0.203 e. The maximum absolute atomic E-state index is 12.5. The molecule has 2 aromatic carbocycles. The lowest BCUT2D eigenvalue weighted by molar-refractivity contribution is 0.104. The first-order chi connectivity index (χ1) is 12.2. The molecule has 0 aliphatic rings. The molecule has 0 radical (unpaired) electrons. The average Bonchev–Trinajstić information content (AvgIpc) is 2.66. The number of ketones is 1. The molecule has 0 heterocycles. The molecule has 0 bridgehead atoms. The van der Waals surface area contributed by atoms with Crippen LogP contribution in [0.2, 0.25) is 0 Å². The zero-order chi connectivity index (χ0) is 18.1. The van der Waals surface area contributed by atoms with Gasteiger partial charge >= 0.3 is 0 Å². The third-order valence-electron chi connectivity index (χ3n) is 3.44. The van der Waals surface area contributed by atoms with Gasteiger partial charge in [-0.3, -0.25) is 4.79 Å². The molecule has 4 nitrogen and oxygen atoms in total. The Bertz CT molecular complexity index is 789. The number of carbonyl (C=O) groups is 1. The minimum absolute atomic E-state index is 0.0795. The minimum atomic E-state index is -0.299. The van der Waals surface area contributed by atoms with E-state index in [-0.39, 0.29) is 11.4 Å². The highest BCUT2D eigenvalue weighted by Gasteiger charge is 2.12. The summed E-state index contributed by atoms with van der Waals surface area (Å²) < 4.78 is 11.3. The fourth-order valence-corrected chi connectivity index (χ4v) is 2.27. The van der Waals surface area contributed by atoms with Gasteiger partial charge in [0, 0.05) is 5.56 Å². The summed E-state index contributed by atoms with van der Waals surface area (Å²) in [7, 11) is 0. The molecular weight excluding hydrogens is 314 g/mol. The van der Waals surface area contributed by atoms with Crippen LogP contribution in [0.1, 0.15) is 36.2 Å². The van der Waals surface area contributed by atoms with E-state index in [1.54, 1.807) is 42.5 Å². The van der Waals surface area contributed by atoms with Crippen molar-refractivity contribution in [2.75, 3.05) is 13.2 Å². The summed E-state index contributed by atoms with van der Waals surface area (Å²) in [6.07, 6.45) is 2.47. The Morgan fingerprint density at radius 3 is 2.48 bits per heavy atom. The molecule has 2 aromatic rings. The highest BCUT2D eigenvalue weighted by molar-refractivity contribution is 6.14. The second-order valence-electron chi connectivity index (χ2n) is 5.35. The molecule has 0 N–H and O–H groups in total. The van der Waals surface area contributed by atoms with Crippen molar-refractivity contribution in [3.05, 3.63) is 65.2 Å². The zero-order valence-corrected chi connectivity index (χ0v) is 14.5. The van der Waals surface area contributed by atoms with Crippen LogP contribution in [0, 0.1) is 11.3 Å². The molecule has 0 aliphatic carbocycles. The molecule has 2 rings (SSSR count). The number of nitrogens with zero attached hydrogens (tertiary/aromatic N) is 1. The third-order valence-corrected chi connectivity index (χ3v) is 3.44. The van der Waals surface area contributed by atoms with Gasteiger partial charge in [-0.15, -0.1) is 0 Å². The van der Waals surface area contributed by atoms with E-state index in [0.717, 1.165) is 6.42 Å². The predicted octanol–water partition coefficient (Wildman–Crippen LogP) is 4.66. The van der Waals surface area contributed by atoms with Crippen LogP contribution in [-0.4, -0.2) is 19.0 Å². The molecule has 0 saturated carbocycles. The summed E-state index contributed by atoms with van der Waals surface area (Å²) in [5, 5.41) is 9.37. The van der Waals surface area contributed by atoms with E-state index in [2.05, 4.69) is 0 Å². The normalized spacial score (nSPS) is 10.8. The quantitative estimate of drug-likeness (QED) is 0.400. The second kappa shape index (κ2) is 9.29. The van der Waals surface area contributed by atoms with Gasteiger partial charge in [0.15, 0.2) is 11.5 Å². The van der Waals surface area contributed by atoms with E-state index in [0.29, 0.717) is 35.8 Å². The van der Waals surface area contributed by atoms with Crippen molar-refractivity contribution in [1.82, 2.24) is 0 Å². The summed E-state index contributed by atoms with van der Waals surface area (Å²) >= 11 is 0. The second-order valence-corrected chi connectivity index (χ2v) is 5.35. The van der Waals surface area contributed by atoms with Gasteiger partial charge in [0.05, 0.1) is 13.2 Å². The molecule has 25 heavy (non-hydrogen) atoms. The van der Waals surface area contributed by atoms with Gasteiger partial charge < -0.3 is 9.47 Å². The van der Waals surface area contributed by atoms with Gasteiger partial charge in [-0.1, -0.05) is 43.3 Å². The monoisotopic (exact) mass is 335 g/mol. The van der Waals surface area contributed by atoms with Crippen molar-refractivity contribution >= 4 is 11.9 Å². The van der Waals surface area contributed by atoms with E-state index in [9.17, 15) is 10.1 Å². The van der Waals surface area contributed by atoms with Gasteiger partial charge in [-0.05, 0) is 37.1 Å². The molecule has 128 valence electrons. The Kier molecular flexibility index (Phi) is 6.79. The van der Waals surface area contributed by atoms with Crippen LogP contribution in [0.25, 0.3) is 6.08 Å². The molecule has 0 atom stereocenters. The largest absolute Gasteiger partial charge is 0.490 e. The number of hydrogen-bond acceptors (Lipinski definition) is 4. The van der Waals surface area contributed by atoms with Crippen LogP contribution < -0.4 is 9.47 Å². The van der Waals surface area contributed by atoms with Gasteiger partial charge in [-0.2, -0.15) is 5.26 Å². The van der Waals surface area contributed by atoms with Crippen molar-refractivity contribution < 1.29 is 14.3 Å². The van der Waals surface area contributed by atoms with Crippen LogP contribution in [-0.2, 0) is 0 Å². The molecule has 0 aliphatic heterocycles.